The minimum Gasteiger partial charge on any atom is -0.273 e. The van der Waals surface area contributed by atoms with E-state index in [9.17, 15) is 4.79 Å². The Morgan fingerprint density at radius 1 is 1.41 bits per heavy atom. The number of hydrogen-bond donors (Lipinski definition) is 1. The number of aromatic nitrogens is 2. The first-order valence-corrected chi connectivity index (χ1v) is 7.69. The van der Waals surface area contributed by atoms with Gasteiger partial charge in [-0.25, -0.2) is 10.2 Å². The van der Waals surface area contributed by atoms with Gasteiger partial charge in [0.25, 0.3) is 5.91 Å². The Kier molecular flexibility index (Phi) is 5.57. The minimum absolute atomic E-state index is 0.102. The van der Waals surface area contributed by atoms with Crippen molar-refractivity contribution in [3.05, 3.63) is 46.7 Å². The second-order valence-electron chi connectivity index (χ2n) is 5.24. The number of hydroxylamine groups is 1. The highest BCUT2D eigenvalue weighted by molar-refractivity contribution is 6.32. The monoisotopic (exact) mass is 321 g/mol. The molecule has 0 spiro atoms. The number of rotatable bonds is 6. The van der Waals surface area contributed by atoms with E-state index in [2.05, 4.69) is 10.6 Å². The Morgan fingerprint density at radius 3 is 2.77 bits per heavy atom. The van der Waals surface area contributed by atoms with Gasteiger partial charge in [0.05, 0.1) is 34.8 Å². The highest BCUT2D eigenvalue weighted by atomic mass is 35.5. The lowest BCUT2D eigenvalue weighted by atomic mass is 10.1. The molecular weight excluding hydrogens is 302 g/mol. The van der Waals surface area contributed by atoms with Crippen LogP contribution in [0, 0.1) is 0 Å². The van der Waals surface area contributed by atoms with Gasteiger partial charge in [0.15, 0.2) is 0 Å². The van der Waals surface area contributed by atoms with Crippen molar-refractivity contribution in [2.45, 2.75) is 33.1 Å². The van der Waals surface area contributed by atoms with Crippen LogP contribution in [0.3, 0.4) is 0 Å². The Labute approximate surface area is 135 Å². The van der Waals surface area contributed by atoms with E-state index in [1.165, 1.54) is 0 Å². The van der Waals surface area contributed by atoms with Crippen LogP contribution in [0.5, 0.6) is 0 Å². The zero-order chi connectivity index (χ0) is 16.1. The first kappa shape index (κ1) is 16.5. The molecule has 1 heterocycles. The summed E-state index contributed by atoms with van der Waals surface area (Å²) in [5, 5.41) is 4.92. The van der Waals surface area contributed by atoms with Gasteiger partial charge in [0.1, 0.15) is 0 Å². The summed E-state index contributed by atoms with van der Waals surface area (Å²) < 4.78 is 1.71. The van der Waals surface area contributed by atoms with Crippen molar-refractivity contribution in [3.8, 4) is 5.69 Å². The van der Waals surface area contributed by atoms with Crippen LogP contribution in [-0.4, -0.2) is 22.3 Å². The van der Waals surface area contributed by atoms with Gasteiger partial charge in [-0.15, -0.1) is 0 Å². The van der Waals surface area contributed by atoms with Crippen molar-refractivity contribution < 1.29 is 9.63 Å². The second kappa shape index (κ2) is 7.42. The average molecular weight is 322 g/mol. The fourth-order valence-electron chi connectivity index (χ4n) is 2.18. The first-order chi connectivity index (χ1) is 10.6. The number of para-hydroxylation sites is 1. The van der Waals surface area contributed by atoms with E-state index in [0.717, 1.165) is 17.8 Å². The number of hydrogen-bond acceptors (Lipinski definition) is 3. The molecule has 0 bridgehead atoms. The fourth-order valence-corrected chi connectivity index (χ4v) is 2.39. The summed E-state index contributed by atoms with van der Waals surface area (Å²) in [6, 6.07) is 7.41. The van der Waals surface area contributed by atoms with Gasteiger partial charge in [-0.2, -0.15) is 5.10 Å². The van der Waals surface area contributed by atoms with E-state index >= 15 is 0 Å². The lowest BCUT2D eigenvalue weighted by Gasteiger charge is -2.13. The summed E-state index contributed by atoms with van der Waals surface area (Å²) in [6.07, 6.45) is 2.37. The van der Waals surface area contributed by atoms with Crippen molar-refractivity contribution in [3.63, 3.8) is 0 Å². The molecular formula is C16H20ClN3O2. The quantitative estimate of drug-likeness (QED) is 0.651. The summed E-state index contributed by atoms with van der Waals surface area (Å²) in [4.78, 5) is 17.4. The molecule has 0 unspecified atom stereocenters. The third-order valence-electron chi connectivity index (χ3n) is 3.15. The van der Waals surface area contributed by atoms with E-state index < -0.39 is 0 Å². The van der Waals surface area contributed by atoms with Gasteiger partial charge in [0.2, 0.25) is 0 Å². The Balaban J connectivity index is 2.38. The van der Waals surface area contributed by atoms with E-state index in [0.29, 0.717) is 17.2 Å². The summed E-state index contributed by atoms with van der Waals surface area (Å²) in [6.45, 7) is 6.46. The molecule has 1 N–H and O–H groups in total. The van der Waals surface area contributed by atoms with Crippen LogP contribution in [0.1, 0.15) is 49.2 Å². The highest BCUT2D eigenvalue weighted by Crippen LogP contribution is 2.26. The molecule has 0 aliphatic carbocycles. The lowest BCUT2D eigenvalue weighted by Crippen LogP contribution is -2.25. The van der Waals surface area contributed by atoms with Crippen molar-refractivity contribution in [1.29, 1.82) is 0 Å². The second-order valence-corrected chi connectivity index (χ2v) is 5.65. The molecule has 1 amide bonds. The third kappa shape index (κ3) is 3.48. The Morgan fingerprint density at radius 2 is 2.14 bits per heavy atom. The zero-order valence-corrected chi connectivity index (χ0v) is 13.7. The molecule has 0 aliphatic heterocycles. The molecule has 1 aromatic carbocycles. The minimum atomic E-state index is -0.296. The molecule has 1 aromatic heterocycles. The maximum atomic E-state index is 12.3. The van der Waals surface area contributed by atoms with E-state index in [4.69, 9.17) is 16.4 Å². The van der Waals surface area contributed by atoms with Gasteiger partial charge in [-0.05, 0) is 24.5 Å². The number of halogens is 1. The third-order valence-corrected chi connectivity index (χ3v) is 3.47. The number of amides is 1. The Hall–Kier alpha value is -1.85. The van der Waals surface area contributed by atoms with Crippen LogP contribution >= 0.6 is 11.6 Å². The van der Waals surface area contributed by atoms with Crippen LogP contribution in [0.4, 0.5) is 0 Å². The molecule has 0 radical (unpaired) electrons. The molecule has 6 heteroatoms. The summed E-state index contributed by atoms with van der Waals surface area (Å²) in [7, 11) is 0. The van der Waals surface area contributed by atoms with Crippen molar-refractivity contribution >= 4 is 17.5 Å². The average Bonchev–Trinajstić information content (AvgIpc) is 2.93. The standard InChI is InChI=1S/C16H20ClN3O2/c1-4-9-22-19-16(21)12-10-18-20(15(12)11(2)3)14-8-6-5-7-13(14)17/h5-8,10-11H,4,9H2,1-3H3,(H,19,21). The van der Waals surface area contributed by atoms with E-state index in [-0.39, 0.29) is 11.8 Å². The molecule has 22 heavy (non-hydrogen) atoms. The van der Waals surface area contributed by atoms with E-state index in [1.807, 2.05) is 39.0 Å². The summed E-state index contributed by atoms with van der Waals surface area (Å²) >= 11 is 6.24. The van der Waals surface area contributed by atoms with Crippen molar-refractivity contribution in [2.24, 2.45) is 0 Å². The molecule has 5 nitrogen and oxygen atoms in total. The number of nitrogens with one attached hydrogen (secondary N) is 1. The number of carbonyl (C=O) groups excluding carboxylic acids is 1. The van der Waals surface area contributed by atoms with Crippen LogP contribution in [-0.2, 0) is 4.84 Å². The number of benzene rings is 1. The Bertz CT molecular complexity index is 653. The first-order valence-electron chi connectivity index (χ1n) is 7.31. The van der Waals surface area contributed by atoms with Crippen LogP contribution < -0.4 is 5.48 Å². The van der Waals surface area contributed by atoms with Crippen LogP contribution in [0.25, 0.3) is 5.69 Å². The molecule has 2 aromatic rings. The SMILES string of the molecule is CCCONC(=O)c1cnn(-c2ccccc2Cl)c1C(C)C. The smallest absolute Gasteiger partial charge is 0.273 e. The lowest BCUT2D eigenvalue weighted by molar-refractivity contribution is 0.0314. The van der Waals surface area contributed by atoms with Crippen molar-refractivity contribution in [2.75, 3.05) is 6.61 Å². The van der Waals surface area contributed by atoms with E-state index in [1.54, 1.807) is 16.9 Å². The topological polar surface area (TPSA) is 56.1 Å². The summed E-state index contributed by atoms with van der Waals surface area (Å²) in [5.74, 6) is -0.193. The molecule has 0 saturated heterocycles. The molecule has 0 saturated carbocycles. The predicted octanol–water partition coefficient (Wildman–Crippen LogP) is 3.72. The van der Waals surface area contributed by atoms with Gasteiger partial charge in [-0.3, -0.25) is 9.63 Å². The highest BCUT2D eigenvalue weighted by Gasteiger charge is 2.21. The normalized spacial score (nSPS) is 11.0. The molecule has 0 atom stereocenters. The maximum Gasteiger partial charge on any atom is 0.278 e. The molecule has 2 rings (SSSR count). The zero-order valence-electron chi connectivity index (χ0n) is 13.0. The van der Waals surface area contributed by atoms with Gasteiger partial charge >= 0.3 is 0 Å². The maximum absolute atomic E-state index is 12.3. The predicted molar refractivity (Wildman–Crippen MR) is 86.4 cm³/mol. The molecule has 0 aliphatic rings. The van der Waals surface area contributed by atoms with Gasteiger partial charge in [-0.1, -0.05) is 44.5 Å². The largest absolute Gasteiger partial charge is 0.278 e. The summed E-state index contributed by atoms with van der Waals surface area (Å²) in [5.41, 5.74) is 4.49. The fraction of sp³-hybridized carbons (Fsp3) is 0.375. The molecule has 0 fully saturated rings. The van der Waals surface area contributed by atoms with Gasteiger partial charge < -0.3 is 0 Å². The number of nitrogens with zero attached hydrogens (tertiary/aromatic N) is 2. The van der Waals surface area contributed by atoms with Gasteiger partial charge in [0, 0.05) is 0 Å². The number of carbonyl (C=O) groups is 1. The van der Waals surface area contributed by atoms with Crippen LogP contribution in [0.2, 0.25) is 5.02 Å². The van der Waals surface area contributed by atoms with Crippen LogP contribution in [0.15, 0.2) is 30.5 Å². The molecule has 118 valence electrons. The van der Waals surface area contributed by atoms with Crippen molar-refractivity contribution in [1.82, 2.24) is 15.3 Å².